The second kappa shape index (κ2) is 6.69. The zero-order chi connectivity index (χ0) is 14.5. The first-order valence-corrected chi connectivity index (χ1v) is 7.86. The van der Waals surface area contributed by atoms with Gasteiger partial charge in [0.25, 0.3) is 0 Å². The van der Waals surface area contributed by atoms with E-state index in [1.807, 2.05) is 13.0 Å². The Morgan fingerprint density at radius 1 is 1.21 bits per heavy atom. The van der Waals surface area contributed by atoms with Gasteiger partial charge in [0.2, 0.25) is 10.0 Å². The monoisotopic (exact) mass is 280 g/mol. The van der Waals surface area contributed by atoms with Gasteiger partial charge in [-0.15, -0.1) is 0 Å². The van der Waals surface area contributed by atoms with Crippen molar-refractivity contribution >= 4 is 10.0 Å². The van der Waals surface area contributed by atoms with Crippen molar-refractivity contribution in [3.8, 4) is 6.07 Å². The normalized spacial score (nSPS) is 13.2. The van der Waals surface area contributed by atoms with Gasteiger partial charge in [0.1, 0.15) is 6.07 Å². The molecule has 1 N–H and O–H groups in total. The lowest BCUT2D eigenvalue weighted by molar-refractivity contribution is 0.485. The molecule has 104 valence electrons. The van der Waals surface area contributed by atoms with E-state index in [-0.39, 0.29) is 16.5 Å². The van der Waals surface area contributed by atoms with Gasteiger partial charge >= 0.3 is 0 Å². The van der Waals surface area contributed by atoms with Crippen molar-refractivity contribution in [2.24, 2.45) is 5.92 Å². The van der Waals surface area contributed by atoms with Crippen molar-refractivity contribution in [2.45, 2.75) is 44.6 Å². The molecule has 0 heterocycles. The molecule has 0 aliphatic heterocycles. The summed E-state index contributed by atoms with van der Waals surface area (Å²) in [4.78, 5) is 0.0499. The van der Waals surface area contributed by atoms with E-state index in [2.05, 4.69) is 18.6 Å². The second-order valence-electron chi connectivity index (χ2n) is 5.10. The number of nitriles is 1. The highest BCUT2D eigenvalue weighted by atomic mass is 32.2. The van der Waals surface area contributed by atoms with Crippen molar-refractivity contribution in [3.63, 3.8) is 0 Å². The molecule has 1 unspecified atom stereocenters. The van der Waals surface area contributed by atoms with Gasteiger partial charge in [-0.25, -0.2) is 13.1 Å². The first-order valence-electron chi connectivity index (χ1n) is 6.38. The lowest BCUT2D eigenvalue weighted by Crippen LogP contribution is -2.33. The van der Waals surface area contributed by atoms with Crippen LogP contribution in [0.25, 0.3) is 0 Å². The molecule has 0 bridgehead atoms. The summed E-state index contributed by atoms with van der Waals surface area (Å²) in [6.07, 6.45) is 1.75. The molecule has 0 radical (unpaired) electrons. The fraction of sp³-hybridized carbons (Fsp3) is 0.500. The van der Waals surface area contributed by atoms with E-state index < -0.39 is 10.0 Å². The molecule has 0 spiro atoms. The molecule has 0 aliphatic rings. The Hall–Kier alpha value is -1.38. The van der Waals surface area contributed by atoms with Gasteiger partial charge in [-0.3, -0.25) is 0 Å². The summed E-state index contributed by atoms with van der Waals surface area (Å²) in [5.41, 5.74) is 0.172. The molecule has 0 saturated carbocycles. The maximum Gasteiger partial charge on any atom is 0.242 e. The summed E-state index contributed by atoms with van der Waals surface area (Å²) < 4.78 is 27.0. The van der Waals surface area contributed by atoms with Gasteiger partial charge in [0.05, 0.1) is 10.5 Å². The van der Waals surface area contributed by atoms with Crippen molar-refractivity contribution in [2.75, 3.05) is 0 Å². The van der Waals surface area contributed by atoms with E-state index in [0.717, 1.165) is 12.8 Å². The van der Waals surface area contributed by atoms with Crippen LogP contribution >= 0.6 is 0 Å². The van der Waals surface area contributed by atoms with Crippen LogP contribution < -0.4 is 4.72 Å². The van der Waals surface area contributed by atoms with Crippen LogP contribution in [0.5, 0.6) is 0 Å². The van der Waals surface area contributed by atoms with E-state index in [1.54, 1.807) is 12.1 Å². The van der Waals surface area contributed by atoms with Crippen molar-refractivity contribution in [1.82, 2.24) is 4.72 Å². The van der Waals surface area contributed by atoms with Gasteiger partial charge < -0.3 is 0 Å². The van der Waals surface area contributed by atoms with Crippen LogP contribution in [0.2, 0.25) is 0 Å². The van der Waals surface area contributed by atoms with E-state index >= 15 is 0 Å². The first-order chi connectivity index (χ1) is 8.86. The number of hydrogen-bond donors (Lipinski definition) is 1. The van der Waals surface area contributed by atoms with Crippen molar-refractivity contribution in [1.29, 1.82) is 5.26 Å². The highest BCUT2D eigenvalue weighted by Crippen LogP contribution is 2.16. The average Bonchev–Trinajstić information content (AvgIpc) is 2.35. The molecule has 0 amide bonds. The molecule has 1 atom stereocenters. The number of benzene rings is 1. The lowest BCUT2D eigenvalue weighted by atomic mass is 10.1. The molecule has 5 heteroatoms. The third-order valence-corrected chi connectivity index (χ3v) is 4.48. The van der Waals surface area contributed by atoms with Crippen LogP contribution in [0, 0.1) is 17.2 Å². The number of hydrogen-bond acceptors (Lipinski definition) is 3. The highest BCUT2D eigenvalue weighted by Gasteiger charge is 2.20. The molecule has 0 aromatic heterocycles. The number of nitrogens with one attached hydrogen (secondary N) is 1. The standard InChI is InChI=1S/C14H20N2O2S/c1-11(2)8-9-12(3)16-19(17,18)14-7-5-4-6-13(14)10-15/h4-7,11-12,16H,8-9H2,1-3H3. The fourth-order valence-corrected chi connectivity index (χ4v) is 3.20. The predicted molar refractivity (Wildman–Crippen MR) is 75.0 cm³/mol. The molecule has 19 heavy (non-hydrogen) atoms. The largest absolute Gasteiger partial charge is 0.242 e. The molecule has 1 aromatic carbocycles. The SMILES string of the molecule is CC(C)CCC(C)NS(=O)(=O)c1ccccc1C#N. The smallest absolute Gasteiger partial charge is 0.208 e. The maximum atomic E-state index is 12.2. The molecular weight excluding hydrogens is 260 g/mol. The third kappa shape index (κ3) is 4.66. The Kier molecular flexibility index (Phi) is 5.52. The summed E-state index contributed by atoms with van der Waals surface area (Å²) in [5, 5.41) is 8.95. The molecule has 0 fully saturated rings. The van der Waals surface area contributed by atoms with E-state index in [0.29, 0.717) is 5.92 Å². The zero-order valence-electron chi connectivity index (χ0n) is 11.6. The van der Waals surface area contributed by atoms with Crippen molar-refractivity contribution < 1.29 is 8.42 Å². The molecule has 0 aliphatic carbocycles. The summed E-state index contributed by atoms with van der Waals surface area (Å²) in [6.45, 7) is 6.05. The van der Waals surface area contributed by atoms with Crippen LogP contribution in [0.4, 0.5) is 0 Å². The Labute approximate surface area is 115 Å². The van der Waals surface area contributed by atoms with Gasteiger partial charge in [0.15, 0.2) is 0 Å². The summed E-state index contributed by atoms with van der Waals surface area (Å²) in [6, 6.07) is 8.00. The Morgan fingerprint density at radius 2 is 1.84 bits per heavy atom. The van der Waals surface area contributed by atoms with Gasteiger partial charge in [-0.1, -0.05) is 26.0 Å². The lowest BCUT2D eigenvalue weighted by Gasteiger charge is -2.15. The van der Waals surface area contributed by atoms with Crippen LogP contribution in [0.3, 0.4) is 0 Å². The summed E-state index contributed by atoms with van der Waals surface area (Å²) >= 11 is 0. The van der Waals surface area contributed by atoms with E-state index in [4.69, 9.17) is 5.26 Å². The topological polar surface area (TPSA) is 70.0 Å². The van der Waals surface area contributed by atoms with Crippen LogP contribution in [-0.4, -0.2) is 14.5 Å². The molecule has 0 saturated heterocycles. The minimum absolute atomic E-state index is 0.0499. The molecule has 1 rings (SSSR count). The Balaban J connectivity index is 2.84. The maximum absolute atomic E-state index is 12.2. The fourth-order valence-electron chi connectivity index (χ4n) is 1.76. The second-order valence-corrected chi connectivity index (χ2v) is 6.78. The minimum atomic E-state index is -3.62. The summed E-state index contributed by atoms with van der Waals surface area (Å²) in [5.74, 6) is 0.540. The highest BCUT2D eigenvalue weighted by molar-refractivity contribution is 7.89. The average molecular weight is 280 g/mol. The van der Waals surface area contributed by atoms with Crippen LogP contribution in [-0.2, 0) is 10.0 Å². The number of rotatable bonds is 6. The molecule has 4 nitrogen and oxygen atoms in total. The Bertz CT molecular complexity index is 559. The van der Waals surface area contributed by atoms with E-state index in [1.165, 1.54) is 12.1 Å². The van der Waals surface area contributed by atoms with Gasteiger partial charge in [-0.05, 0) is 37.8 Å². The third-order valence-electron chi connectivity index (χ3n) is 2.83. The first kappa shape index (κ1) is 15.7. The zero-order valence-corrected chi connectivity index (χ0v) is 12.4. The van der Waals surface area contributed by atoms with Crippen LogP contribution in [0.15, 0.2) is 29.2 Å². The Morgan fingerprint density at radius 3 is 2.42 bits per heavy atom. The van der Waals surface area contributed by atoms with Gasteiger partial charge in [-0.2, -0.15) is 5.26 Å². The molecule has 1 aromatic rings. The number of sulfonamides is 1. The van der Waals surface area contributed by atoms with Crippen molar-refractivity contribution in [3.05, 3.63) is 29.8 Å². The van der Waals surface area contributed by atoms with E-state index in [9.17, 15) is 8.42 Å². The van der Waals surface area contributed by atoms with Crippen LogP contribution in [0.1, 0.15) is 39.2 Å². The summed E-state index contributed by atoms with van der Waals surface area (Å²) in [7, 11) is -3.62. The quantitative estimate of drug-likeness (QED) is 0.871. The molecular formula is C14H20N2O2S. The van der Waals surface area contributed by atoms with Gasteiger partial charge in [0, 0.05) is 6.04 Å². The number of nitrogens with zero attached hydrogens (tertiary/aromatic N) is 1. The minimum Gasteiger partial charge on any atom is -0.208 e. The predicted octanol–water partition coefficient (Wildman–Crippen LogP) is 2.66.